The summed E-state index contributed by atoms with van der Waals surface area (Å²) in [6, 6.07) is 3.70. The third kappa shape index (κ3) is 4.82. The van der Waals surface area contributed by atoms with Crippen LogP contribution in [-0.4, -0.2) is 86.1 Å². The molecular weight excluding hydrogens is 495 g/mol. The number of piperidine rings is 1. The van der Waals surface area contributed by atoms with Crippen molar-refractivity contribution < 1.29 is 23.1 Å². The smallest absolute Gasteiger partial charge is 0.391 e. The van der Waals surface area contributed by atoms with Gasteiger partial charge in [0.25, 0.3) is 5.91 Å². The first kappa shape index (κ1) is 27.0. The second-order valence-electron chi connectivity index (χ2n) is 11.4. The molecule has 1 N–H and O–H groups in total. The van der Waals surface area contributed by atoms with Gasteiger partial charge in [0.15, 0.2) is 0 Å². The number of halogens is 3. The molecule has 1 aliphatic carbocycles. The summed E-state index contributed by atoms with van der Waals surface area (Å²) in [6.07, 6.45) is -1.68. The maximum Gasteiger partial charge on any atom is 0.416 e. The van der Waals surface area contributed by atoms with E-state index in [2.05, 4.69) is 33.6 Å². The van der Waals surface area contributed by atoms with E-state index in [1.165, 1.54) is 12.4 Å². The second kappa shape index (κ2) is 9.88. The molecule has 0 bridgehead atoms. The van der Waals surface area contributed by atoms with Crippen LogP contribution in [0.3, 0.4) is 0 Å². The summed E-state index contributed by atoms with van der Waals surface area (Å²) in [7, 11) is 0. The molecule has 3 heterocycles. The Labute approximate surface area is 221 Å². The van der Waals surface area contributed by atoms with Gasteiger partial charge in [-0.3, -0.25) is 14.6 Å². The summed E-state index contributed by atoms with van der Waals surface area (Å²) < 4.78 is 39.6. The van der Waals surface area contributed by atoms with Gasteiger partial charge in [-0.25, -0.2) is 9.97 Å². The van der Waals surface area contributed by atoms with Gasteiger partial charge < -0.3 is 10.0 Å². The molecule has 10 heteroatoms. The minimum atomic E-state index is -4.39. The van der Waals surface area contributed by atoms with E-state index in [-0.39, 0.29) is 30.0 Å². The van der Waals surface area contributed by atoms with Gasteiger partial charge in [-0.1, -0.05) is 6.07 Å². The molecule has 0 saturated carbocycles. The van der Waals surface area contributed by atoms with Crippen LogP contribution in [0.1, 0.15) is 71.2 Å². The van der Waals surface area contributed by atoms with Gasteiger partial charge in [-0.05, 0) is 63.8 Å². The fraction of sp³-hybridized carbons (Fsp3) is 0.607. The number of carbonyl (C=O) groups excluding carboxylic acids is 1. The fourth-order valence-corrected chi connectivity index (χ4v) is 6.63. The number of piperazine rings is 1. The van der Waals surface area contributed by atoms with Gasteiger partial charge in [0.1, 0.15) is 6.33 Å². The van der Waals surface area contributed by atoms with Crippen molar-refractivity contribution in [2.24, 2.45) is 0 Å². The summed E-state index contributed by atoms with van der Waals surface area (Å²) in [5.74, 6) is -0.0107. The predicted octanol–water partition coefficient (Wildman–Crippen LogP) is 3.77. The zero-order valence-corrected chi connectivity index (χ0v) is 22.4. The summed E-state index contributed by atoms with van der Waals surface area (Å²) in [5.41, 5.74) is 2.67. The topological polar surface area (TPSA) is 72.8 Å². The number of rotatable bonds is 3. The maximum absolute atomic E-state index is 13.2. The molecule has 3 atom stereocenters. The number of likely N-dealkylation sites (tertiary alicyclic amines) is 1. The van der Waals surface area contributed by atoms with Crippen LogP contribution >= 0.6 is 0 Å². The van der Waals surface area contributed by atoms with Crippen molar-refractivity contribution in [3.63, 3.8) is 0 Å². The Bertz CT molecular complexity index is 1190. The van der Waals surface area contributed by atoms with Crippen molar-refractivity contribution in [2.75, 3.05) is 32.7 Å². The minimum absolute atomic E-state index is 0.0107. The number of hydrogen-bond donors (Lipinski definition) is 1. The van der Waals surface area contributed by atoms with E-state index < -0.39 is 17.8 Å². The van der Waals surface area contributed by atoms with Crippen molar-refractivity contribution >= 4 is 5.91 Å². The highest BCUT2D eigenvalue weighted by Gasteiger charge is 2.44. The van der Waals surface area contributed by atoms with E-state index in [0.717, 1.165) is 44.1 Å². The van der Waals surface area contributed by atoms with Crippen LogP contribution in [0, 0.1) is 13.8 Å². The quantitative estimate of drug-likeness (QED) is 0.650. The lowest BCUT2D eigenvalue weighted by atomic mass is 9.86. The zero-order chi connectivity index (χ0) is 27.4. The lowest BCUT2D eigenvalue weighted by Gasteiger charge is -2.53. The summed E-state index contributed by atoms with van der Waals surface area (Å²) in [5, 5.41) is 10.9. The first-order chi connectivity index (χ1) is 17.9. The third-order valence-electron chi connectivity index (χ3n) is 8.95. The third-order valence-corrected chi connectivity index (χ3v) is 8.95. The SMILES string of the molecule is Cc1ncnc(C)c1C(=O)N1CCC(C)(N2CCN(C3c4ccc(C(F)(F)F)cc4CC3O)[C@@H](C)C2)CC1. The monoisotopic (exact) mass is 531 g/mol. The molecule has 2 unspecified atom stereocenters. The Balaban J connectivity index is 1.24. The number of aryl methyl sites for hydroxylation is 2. The van der Waals surface area contributed by atoms with Crippen molar-refractivity contribution in [1.29, 1.82) is 0 Å². The molecule has 206 valence electrons. The van der Waals surface area contributed by atoms with Crippen LogP contribution in [0.5, 0.6) is 0 Å². The molecule has 0 spiro atoms. The Morgan fingerprint density at radius 3 is 2.34 bits per heavy atom. The molecule has 2 aliphatic heterocycles. The molecule has 1 aromatic heterocycles. The number of aliphatic hydroxyl groups is 1. The van der Waals surface area contributed by atoms with Crippen molar-refractivity contribution in [3.05, 3.63) is 58.2 Å². The van der Waals surface area contributed by atoms with Crippen molar-refractivity contribution in [2.45, 2.75) is 76.9 Å². The van der Waals surface area contributed by atoms with Gasteiger partial charge in [-0.2, -0.15) is 13.2 Å². The molecular formula is C28H36F3N5O2. The Morgan fingerprint density at radius 2 is 1.74 bits per heavy atom. The predicted molar refractivity (Wildman–Crippen MR) is 137 cm³/mol. The Kier molecular flexibility index (Phi) is 7.02. The van der Waals surface area contributed by atoms with Crippen LogP contribution in [0.2, 0.25) is 0 Å². The number of aliphatic hydroxyl groups excluding tert-OH is 1. The molecule has 1 amide bonds. The normalized spacial score (nSPS) is 26.4. The van der Waals surface area contributed by atoms with Crippen molar-refractivity contribution in [3.8, 4) is 0 Å². The Hall–Kier alpha value is -2.56. The number of benzene rings is 1. The first-order valence-electron chi connectivity index (χ1n) is 13.4. The average Bonchev–Trinajstić information content (AvgIpc) is 3.18. The molecule has 2 fully saturated rings. The lowest BCUT2D eigenvalue weighted by Crippen LogP contribution is -2.62. The zero-order valence-electron chi connectivity index (χ0n) is 22.4. The van der Waals surface area contributed by atoms with Crippen LogP contribution in [0.15, 0.2) is 24.5 Å². The van der Waals surface area contributed by atoms with E-state index in [4.69, 9.17) is 0 Å². The highest BCUT2D eigenvalue weighted by atomic mass is 19.4. The fourth-order valence-electron chi connectivity index (χ4n) is 6.63. The number of carbonyl (C=O) groups is 1. The molecule has 3 aliphatic rings. The van der Waals surface area contributed by atoms with E-state index in [1.54, 1.807) is 6.07 Å². The molecule has 2 saturated heterocycles. The number of nitrogens with zero attached hydrogens (tertiary/aromatic N) is 5. The molecule has 2 aromatic rings. The maximum atomic E-state index is 13.2. The van der Waals surface area contributed by atoms with E-state index in [9.17, 15) is 23.1 Å². The highest BCUT2D eigenvalue weighted by molar-refractivity contribution is 5.96. The van der Waals surface area contributed by atoms with Gasteiger partial charge in [0, 0.05) is 50.7 Å². The Morgan fingerprint density at radius 1 is 1.08 bits per heavy atom. The highest BCUT2D eigenvalue weighted by Crippen LogP contribution is 2.42. The van der Waals surface area contributed by atoms with Crippen LogP contribution in [0.25, 0.3) is 0 Å². The van der Waals surface area contributed by atoms with Gasteiger partial charge in [0.2, 0.25) is 0 Å². The standard InChI is InChI=1S/C28H36F3N5O2/c1-17-15-35(27(4)7-9-34(10-8-27)26(38)24-18(2)32-16-33-19(24)3)11-12-36(17)25-22-6-5-21(28(29,30)31)13-20(22)14-23(25)37/h5-6,13,16-17,23,25,37H,7-12,14-15H2,1-4H3/t17-,23?,25?/m0/s1. The van der Waals surface area contributed by atoms with Gasteiger partial charge >= 0.3 is 6.18 Å². The first-order valence-corrected chi connectivity index (χ1v) is 13.4. The molecule has 38 heavy (non-hydrogen) atoms. The van der Waals surface area contributed by atoms with Gasteiger partial charge in [0.05, 0.1) is 34.7 Å². The van der Waals surface area contributed by atoms with Crippen LogP contribution < -0.4 is 0 Å². The summed E-state index contributed by atoms with van der Waals surface area (Å²) in [4.78, 5) is 28.3. The van der Waals surface area contributed by atoms with Crippen LogP contribution in [0.4, 0.5) is 13.2 Å². The molecule has 7 nitrogen and oxygen atoms in total. The summed E-state index contributed by atoms with van der Waals surface area (Å²) in [6.45, 7) is 11.7. The lowest BCUT2D eigenvalue weighted by molar-refractivity contribution is -0.137. The second-order valence-corrected chi connectivity index (χ2v) is 11.4. The largest absolute Gasteiger partial charge is 0.416 e. The average molecular weight is 532 g/mol. The van der Waals surface area contributed by atoms with Crippen LogP contribution in [-0.2, 0) is 12.6 Å². The van der Waals surface area contributed by atoms with Gasteiger partial charge in [-0.15, -0.1) is 0 Å². The molecule has 0 radical (unpaired) electrons. The molecule has 1 aromatic carbocycles. The van der Waals surface area contributed by atoms with E-state index in [0.29, 0.717) is 35.6 Å². The van der Waals surface area contributed by atoms with Crippen molar-refractivity contribution in [1.82, 2.24) is 24.7 Å². The number of aromatic nitrogens is 2. The summed E-state index contributed by atoms with van der Waals surface area (Å²) >= 11 is 0. The molecule has 5 rings (SSSR count). The number of amides is 1. The number of fused-ring (bicyclic) bond motifs is 1. The minimum Gasteiger partial charge on any atom is -0.391 e. The van der Waals surface area contributed by atoms with E-state index in [1.807, 2.05) is 18.7 Å². The van der Waals surface area contributed by atoms with E-state index >= 15 is 0 Å². The number of alkyl halides is 3. The number of hydrogen-bond acceptors (Lipinski definition) is 6.